The maximum atomic E-state index is 6.05. The van der Waals surface area contributed by atoms with Gasteiger partial charge in [0.25, 0.3) is 0 Å². The number of pyridine rings is 1. The van der Waals surface area contributed by atoms with Crippen molar-refractivity contribution in [1.29, 1.82) is 0 Å². The molecule has 3 nitrogen and oxygen atoms in total. The molecule has 1 unspecified atom stereocenters. The molecule has 3 aromatic rings. The first-order valence-electron chi connectivity index (χ1n) is 7.46. The molecule has 0 fully saturated rings. The van der Waals surface area contributed by atoms with Gasteiger partial charge in [-0.05, 0) is 43.5 Å². The van der Waals surface area contributed by atoms with Crippen LogP contribution in [-0.2, 0) is 0 Å². The summed E-state index contributed by atoms with van der Waals surface area (Å²) in [6.45, 7) is 5.29. The van der Waals surface area contributed by atoms with E-state index in [1.165, 1.54) is 5.39 Å². The summed E-state index contributed by atoms with van der Waals surface area (Å²) in [5, 5.41) is 5.74. The Labute approximate surface area is 125 Å². The van der Waals surface area contributed by atoms with Gasteiger partial charge >= 0.3 is 0 Å². The highest BCUT2D eigenvalue weighted by Gasteiger charge is 2.12. The van der Waals surface area contributed by atoms with Crippen LogP contribution in [0.2, 0.25) is 0 Å². The van der Waals surface area contributed by atoms with Gasteiger partial charge in [0.1, 0.15) is 11.5 Å². The molecule has 108 valence electrons. The van der Waals surface area contributed by atoms with Gasteiger partial charge in [-0.3, -0.25) is 4.98 Å². The third-order valence-corrected chi connectivity index (χ3v) is 3.70. The van der Waals surface area contributed by atoms with Crippen LogP contribution in [0.25, 0.3) is 22.1 Å². The summed E-state index contributed by atoms with van der Waals surface area (Å²) in [4.78, 5) is 4.23. The molecule has 0 aliphatic rings. The predicted molar refractivity (Wildman–Crippen MR) is 86.2 cm³/mol. The molecule has 0 aliphatic heterocycles. The van der Waals surface area contributed by atoms with E-state index >= 15 is 0 Å². The van der Waals surface area contributed by atoms with E-state index in [0.717, 1.165) is 35.4 Å². The fraction of sp³-hybridized carbons (Fsp3) is 0.278. The maximum Gasteiger partial charge on any atom is 0.135 e. The standard InChI is InChI=1S/C18H20N2O/c1-3-10-20-13(2)17-7-8-18(21-17)15-6-4-5-14-9-11-19-12-16(14)15/h4-9,11-13,20H,3,10H2,1-2H3. The third kappa shape index (κ3) is 2.83. The van der Waals surface area contributed by atoms with Gasteiger partial charge in [0.15, 0.2) is 0 Å². The number of hydrogen-bond donors (Lipinski definition) is 1. The van der Waals surface area contributed by atoms with Crippen LogP contribution in [0, 0.1) is 0 Å². The summed E-state index contributed by atoms with van der Waals surface area (Å²) >= 11 is 0. The maximum absolute atomic E-state index is 6.05. The molecule has 0 amide bonds. The molecule has 0 spiro atoms. The fourth-order valence-electron chi connectivity index (χ4n) is 2.52. The van der Waals surface area contributed by atoms with Crippen LogP contribution in [0.3, 0.4) is 0 Å². The Morgan fingerprint density at radius 1 is 1.19 bits per heavy atom. The highest BCUT2D eigenvalue weighted by Crippen LogP contribution is 2.30. The Hall–Kier alpha value is -2.13. The molecule has 0 aliphatic carbocycles. The van der Waals surface area contributed by atoms with E-state index < -0.39 is 0 Å². The van der Waals surface area contributed by atoms with Crippen molar-refractivity contribution in [3.63, 3.8) is 0 Å². The quantitative estimate of drug-likeness (QED) is 0.744. The number of rotatable bonds is 5. The van der Waals surface area contributed by atoms with E-state index in [1.807, 2.05) is 24.5 Å². The normalized spacial score (nSPS) is 12.7. The topological polar surface area (TPSA) is 38.1 Å². The molecule has 0 saturated heterocycles. The minimum atomic E-state index is 0.229. The van der Waals surface area contributed by atoms with Crippen LogP contribution < -0.4 is 5.32 Å². The average molecular weight is 280 g/mol. The van der Waals surface area contributed by atoms with Crippen LogP contribution in [0.15, 0.2) is 53.2 Å². The van der Waals surface area contributed by atoms with Gasteiger partial charge in [0, 0.05) is 23.3 Å². The first-order chi connectivity index (χ1) is 10.3. The van der Waals surface area contributed by atoms with Crippen molar-refractivity contribution in [1.82, 2.24) is 10.3 Å². The number of nitrogens with zero attached hydrogens (tertiary/aromatic N) is 1. The predicted octanol–water partition coefficient (Wildman–Crippen LogP) is 4.56. The third-order valence-electron chi connectivity index (χ3n) is 3.70. The van der Waals surface area contributed by atoms with Gasteiger partial charge in [-0.1, -0.05) is 25.1 Å². The number of benzene rings is 1. The Bertz CT molecular complexity index is 727. The molecule has 2 heterocycles. The molecule has 0 radical (unpaired) electrons. The van der Waals surface area contributed by atoms with Crippen molar-refractivity contribution in [2.45, 2.75) is 26.3 Å². The van der Waals surface area contributed by atoms with Crippen molar-refractivity contribution in [3.05, 3.63) is 54.6 Å². The Balaban J connectivity index is 1.95. The minimum Gasteiger partial charge on any atom is -0.459 e. The molecule has 1 N–H and O–H groups in total. The monoisotopic (exact) mass is 280 g/mol. The van der Waals surface area contributed by atoms with Crippen LogP contribution >= 0.6 is 0 Å². The summed E-state index contributed by atoms with van der Waals surface area (Å²) < 4.78 is 6.05. The second kappa shape index (κ2) is 6.10. The van der Waals surface area contributed by atoms with E-state index in [2.05, 4.69) is 48.4 Å². The highest BCUT2D eigenvalue weighted by molar-refractivity contribution is 5.94. The average Bonchev–Trinajstić information content (AvgIpc) is 3.02. The van der Waals surface area contributed by atoms with Gasteiger partial charge in [-0.25, -0.2) is 0 Å². The van der Waals surface area contributed by atoms with Gasteiger partial charge in [0.05, 0.1) is 6.04 Å². The van der Waals surface area contributed by atoms with Crippen molar-refractivity contribution < 1.29 is 4.42 Å². The van der Waals surface area contributed by atoms with E-state index in [1.54, 1.807) is 0 Å². The molecular formula is C18H20N2O. The summed E-state index contributed by atoms with van der Waals surface area (Å²) in [6.07, 6.45) is 4.83. The molecule has 1 aromatic carbocycles. The fourth-order valence-corrected chi connectivity index (χ4v) is 2.52. The Kier molecular flexibility index (Phi) is 4.02. The lowest BCUT2D eigenvalue weighted by Crippen LogP contribution is -2.18. The molecule has 1 atom stereocenters. The second-order valence-corrected chi connectivity index (χ2v) is 5.28. The van der Waals surface area contributed by atoms with Crippen molar-refractivity contribution >= 4 is 10.8 Å². The number of hydrogen-bond acceptors (Lipinski definition) is 3. The van der Waals surface area contributed by atoms with Crippen molar-refractivity contribution in [2.24, 2.45) is 0 Å². The largest absolute Gasteiger partial charge is 0.459 e. The lowest BCUT2D eigenvalue weighted by atomic mass is 10.1. The molecule has 0 bridgehead atoms. The first kappa shape index (κ1) is 13.8. The van der Waals surface area contributed by atoms with Gasteiger partial charge in [-0.2, -0.15) is 0 Å². The number of fused-ring (bicyclic) bond motifs is 1. The lowest BCUT2D eigenvalue weighted by molar-refractivity contribution is 0.439. The molecule has 2 aromatic heterocycles. The SMILES string of the molecule is CCCNC(C)c1ccc(-c2cccc3ccncc23)o1. The van der Waals surface area contributed by atoms with E-state index in [0.29, 0.717) is 0 Å². The zero-order chi connectivity index (χ0) is 14.7. The zero-order valence-electron chi connectivity index (χ0n) is 12.5. The number of furan rings is 1. The van der Waals surface area contributed by atoms with Crippen LogP contribution in [0.5, 0.6) is 0 Å². The molecule has 3 heteroatoms. The zero-order valence-corrected chi connectivity index (χ0v) is 12.5. The summed E-state index contributed by atoms with van der Waals surface area (Å²) in [7, 11) is 0. The number of nitrogens with one attached hydrogen (secondary N) is 1. The first-order valence-corrected chi connectivity index (χ1v) is 7.46. The van der Waals surface area contributed by atoms with Gasteiger partial charge < -0.3 is 9.73 Å². The molecular weight excluding hydrogens is 260 g/mol. The van der Waals surface area contributed by atoms with E-state index in [-0.39, 0.29) is 6.04 Å². The van der Waals surface area contributed by atoms with E-state index in [9.17, 15) is 0 Å². The van der Waals surface area contributed by atoms with Crippen LogP contribution in [0.1, 0.15) is 32.1 Å². The minimum absolute atomic E-state index is 0.229. The molecule has 3 rings (SSSR count). The summed E-state index contributed by atoms with van der Waals surface area (Å²) in [5.74, 6) is 1.87. The van der Waals surface area contributed by atoms with Crippen molar-refractivity contribution in [2.75, 3.05) is 6.54 Å². The molecule has 0 saturated carbocycles. The van der Waals surface area contributed by atoms with Crippen LogP contribution in [0.4, 0.5) is 0 Å². The number of aromatic nitrogens is 1. The van der Waals surface area contributed by atoms with E-state index in [4.69, 9.17) is 4.42 Å². The Morgan fingerprint density at radius 3 is 2.95 bits per heavy atom. The van der Waals surface area contributed by atoms with Crippen molar-refractivity contribution in [3.8, 4) is 11.3 Å². The molecule has 21 heavy (non-hydrogen) atoms. The lowest BCUT2D eigenvalue weighted by Gasteiger charge is -2.10. The van der Waals surface area contributed by atoms with Gasteiger partial charge in [0.2, 0.25) is 0 Å². The second-order valence-electron chi connectivity index (χ2n) is 5.28. The highest BCUT2D eigenvalue weighted by atomic mass is 16.3. The van der Waals surface area contributed by atoms with Gasteiger partial charge in [-0.15, -0.1) is 0 Å². The summed E-state index contributed by atoms with van der Waals surface area (Å²) in [5.41, 5.74) is 1.09. The Morgan fingerprint density at radius 2 is 2.10 bits per heavy atom. The smallest absolute Gasteiger partial charge is 0.135 e. The van der Waals surface area contributed by atoms with Crippen LogP contribution in [-0.4, -0.2) is 11.5 Å². The summed E-state index contributed by atoms with van der Waals surface area (Å²) in [6, 6.07) is 12.6.